The molecule has 0 radical (unpaired) electrons. The SMILES string of the molecule is Cn1ccnc1SCC(=O)Nc1ccc(C(=O)Nc2cccc(Cl)c2N2CCOCC2)cc1. The molecule has 1 saturated heterocycles. The number of carbonyl (C=O) groups is 2. The van der Waals surface area contributed by atoms with Crippen molar-refractivity contribution in [1.29, 1.82) is 0 Å². The van der Waals surface area contributed by atoms with Crippen LogP contribution >= 0.6 is 23.4 Å². The van der Waals surface area contributed by atoms with Gasteiger partial charge in [-0.2, -0.15) is 0 Å². The van der Waals surface area contributed by atoms with E-state index < -0.39 is 0 Å². The molecule has 0 saturated carbocycles. The van der Waals surface area contributed by atoms with E-state index in [9.17, 15) is 9.59 Å². The highest BCUT2D eigenvalue weighted by atomic mass is 35.5. The Morgan fingerprint density at radius 1 is 1.12 bits per heavy atom. The van der Waals surface area contributed by atoms with Crippen molar-refractivity contribution in [1.82, 2.24) is 9.55 Å². The van der Waals surface area contributed by atoms with Crippen LogP contribution in [-0.4, -0.2) is 53.4 Å². The molecule has 1 aliphatic heterocycles. The van der Waals surface area contributed by atoms with E-state index in [1.165, 1.54) is 11.8 Å². The number of thioether (sulfide) groups is 1. The number of hydrogen-bond acceptors (Lipinski definition) is 6. The molecule has 1 aromatic heterocycles. The zero-order chi connectivity index (χ0) is 23.2. The monoisotopic (exact) mass is 485 g/mol. The normalized spacial score (nSPS) is 13.6. The largest absolute Gasteiger partial charge is 0.378 e. The van der Waals surface area contributed by atoms with E-state index in [0.29, 0.717) is 48.3 Å². The van der Waals surface area contributed by atoms with Crippen LogP contribution in [0.2, 0.25) is 5.02 Å². The predicted molar refractivity (Wildman–Crippen MR) is 131 cm³/mol. The fourth-order valence-electron chi connectivity index (χ4n) is 3.44. The van der Waals surface area contributed by atoms with Crippen LogP contribution in [0.25, 0.3) is 0 Å². The Morgan fingerprint density at radius 2 is 1.88 bits per heavy atom. The summed E-state index contributed by atoms with van der Waals surface area (Å²) in [4.78, 5) is 31.4. The molecule has 2 aromatic carbocycles. The van der Waals surface area contributed by atoms with Gasteiger partial charge >= 0.3 is 0 Å². The molecule has 0 spiro atoms. The van der Waals surface area contributed by atoms with Gasteiger partial charge in [0.05, 0.1) is 35.4 Å². The van der Waals surface area contributed by atoms with E-state index in [2.05, 4.69) is 20.5 Å². The Balaban J connectivity index is 1.37. The lowest BCUT2D eigenvalue weighted by Gasteiger charge is -2.31. The minimum Gasteiger partial charge on any atom is -0.378 e. The highest BCUT2D eigenvalue weighted by Crippen LogP contribution is 2.34. The minimum absolute atomic E-state index is 0.144. The molecule has 33 heavy (non-hydrogen) atoms. The topological polar surface area (TPSA) is 88.5 Å². The van der Waals surface area contributed by atoms with Crippen LogP contribution < -0.4 is 15.5 Å². The summed E-state index contributed by atoms with van der Waals surface area (Å²) in [6.07, 6.45) is 3.52. The van der Waals surface area contributed by atoms with E-state index in [1.807, 2.05) is 36.0 Å². The zero-order valence-corrected chi connectivity index (χ0v) is 19.7. The molecule has 0 aliphatic carbocycles. The Bertz CT molecular complexity index is 1130. The van der Waals surface area contributed by atoms with Gasteiger partial charge in [0.2, 0.25) is 5.91 Å². The highest BCUT2D eigenvalue weighted by Gasteiger charge is 2.19. The second-order valence-electron chi connectivity index (χ2n) is 7.42. The number of aryl methyl sites for hydroxylation is 1. The summed E-state index contributed by atoms with van der Waals surface area (Å²) in [5.74, 6) is -0.157. The van der Waals surface area contributed by atoms with Crippen molar-refractivity contribution in [2.75, 3.05) is 47.6 Å². The first-order valence-electron chi connectivity index (χ1n) is 10.4. The predicted octanol–water partition coefficient (Wildman–Crippen LogP) is 3.89. The molecule has 10 heteroatoms. The maximum atomic E-state index is 12.9. The van der Waals surface area contributed by atoms with E-state index in [4.69, 9.17) is 16.3 Å². The Kier molecular flexibility index (Phi) is 7.54. The van der Waals surface area contributed by atoms with Gasteiger partial charge in [-0.05, 0) is 36.4 Å². The number of aromatic nitrogens is 2. The Labute approximate surface area is 201 Å². The Hall–Kier alpha value is -3.01. The number of amides is 2. The quantitative estimate of drug-likeness (QED) is 0.493. The van der Waals surface area contributed by atoms with E-state index in [0.717, 1.165) is 10.8 Å². The van der Waals surface area contributed by atoms with Crippen LogP contribution in [0.3, 0.4) is 0 Å². The number of morpholine rings is 1. The van der Waals surface area contributed by atoms with Crippen LogP contribution in [0.5, 0.6) is 0 Å². The number of rotatable bonds is 7. The number of imidazole rings is 1. The third kappa shape index (κ3) is 5.87. The fourth-order valence-corrected chi connectivity index (χ4v) is 4.47. The number of nitrogens with zero attached hydrogens (tertiary/aromatic N) is 3. The van der Waals surface area contributed by atoms with Gasteiger partial charge in [0.25, 0.3) is 5.91 Å². The molecule has 0 unspecified atom stereocenters. The van der Waals surface area contributed by atoms with Crippen molar-refractivity contribution in [3.05, 3.63) is 65.4 Å². The van der Waals surface area contributed by atoms with Crippen LogP contribution in [0.1, 0.15) is 10.4 Å². The lowest BCUT2D eigenvalue weighted by molar-refractivity contribution is -0.113. The van der Waals surface area contributed by atoms with E-state index in [1.54, 1.807) is 30.5 Å². The maximum Gasteiger partial charge on any atom is 0.255 e. The standard InChI is InChI=1S/C23H24ClN5O3S/c1-28-10-9-25-23(28)33-15-20(30)26-17-7-5-16(6-8-17)22(31)27-19-4-2-3-18(24)21(19)29-11-13-32-14-12-29/h2-10H,11-15H2,1H3,(H,26,30)(H,27,31). The number of ether oxygens (including phenoxy) is 1. The lowest BCUT2D eigenvalue weighted by Crippen LogP contribution is -2.37. The first-order valence-corrected chi connectivity index (χ1v) is 11.8. The molecule has 2 amide bonds. The molecule has 2 N–H and O–H groups in total. The smallest absolute Gasteiger partial charge is 0.255 e. The van der Waals surface area contributed by atoms with Gasteiger partial charge in [-0.15, -0.1) is 0 Å². The van der Waals surface area contributed by atoms with Gasteiger partial charge in [-0.1, -0.05) is 29.4 Å². The van der Waals surface area contributed by atoms with Gasteiger partial charge in [0, 0.05) is 43.8 Å². The minimum atomic E-state index is -0.255. The zero-order valence-electron chi connectivity index (χ0n) is 18.1. The van der Waals surface area contributed by atoms with Gasteiger partial charge < -0.3 is 24.8 Å². The average molecular weight is 486 g/mol. The van der Waals surface area contributed by atoms with Crippen molar-refractivity contribution in [2.45, 2.75) is 5.16 Å². The molecular weight excluding hydrogens is 462 g/mol. The van der Waals surface area contributed by atoms with Crippen LogP contribution in [0.4, 0.5) is 17.1 Å². The molecular formula is C23H24ClN5O3S. The third-order valence-corrected chi connectivity index (χ3v) is 6.47. The molecule has 1 aliphatic rings. The molecule has 4 rings (SSSR count). The van der Waals surface area contributed by atoms with Crippen LogP contribution in [-0.2, 0) is 16.6 Å². The molecule has 0 bridgehead atoms. The van der Waals surface area contributed by atoms with Gasteiger partial charge in [0.1, 0.15) is 0 Å². The number of para-hydroxylation sites is 1. The average Bonchev–Trinajstić information content (AvgIpc) is 3.23. The highest BCUT2D eigenvalue weighted by molar-refractivity contribution is 7.99. The lowest BCUT2D eigenvalue weighted by atomic mass is 10.1. The van der Waals surface area contributed by atoms with Crippen molar-refractivity contribution in [3.63, 3.8) is 0 Å². The second-order valence-corrected chi connectivity index (χ2v) is 8.77. The summed E-state index contributed by atoms with van der Waals surface area (Å²) in [5.41, 5.74) is 2.54. The number of benzene rings is 2. The molecule has 0 atom stereocenters. The second kappa shape index (κ2) is 10.7. The number of carbonyl (C=O) groups excluding carboxylic acids is 2. The third-order valence-electron chi connectivity index (χ3n) is 5.10. The summed E-state index contributed by atoms with van der Waals surface area (Å²) in [6, 6.07) is 12.2. The molecule has 8 nitrogen and oxygen atoms in total. The summed E-state index contributed by atoms with van der Waals surface area (Å²) in [7, 11) is 1.88. The van der Waals surface area contributed by atoms with Crippen LogP contribution in [0, 0.1) is 0 Å². The first kappa shape index (κ1) is 23.2. The summed E-state index contributed by atoms with van der Waals surface area (Å²) in [5, 5.41) is 7.15. The Morgan fingerprint density at radius 3 is 2.58 bits per heavy atom. The number of halogens is 1. The van der Waals surface area contributed by atoms with Crippen molar-refractivity contribution >= 4 is 52.2 Å². The number of nitrogens with one attached hydrogen (secondary N) is 2. The summed E-state index contributed by atoms with van der Waals surface area (Å²) in [6.45, 7) is 2.65. The van der Waals surface area contributed by atoms with Crippen molar-refractivity contribution in [3.8, 4) is 0 Å². The molecule has 2 heterocycles. The number of anilines is 3. The van der Waals surface area contributed by atoms with Gasteiger partial charge in [0.15, 0.2) is 5.16 Å². The fraction of sp³-hybridized carbons (Fsp3) is 0.261. The summed E-state index contributed by atoms with van der Waals surface area (Å²) < 4.78 is 7.28. The molecule has 1 fully saturated rings. The van der Waals surface area contributed by atoms with E-state index in [-0.39, 0.29) is 17.6 Å². The van der Waals surface area contributed by atoms with Crippen LogP contribution in [0.15, 0.2) is 60.0 Å². The first-order chi connectivity index (χ1) is 16.0. The van der Waals surface area contributed by atoms with Crippen molar-refractivity contribution < 1.29 is 14.3 Å². The molecule has 172 valence electrons. The van der Waals surface area contributed by atoms with E-state index >= 15 is 0 Å². The van der Waals surface area contributed by atoms with Gasteiger partial charge in [-0.25, -0.2) is 4.98 Å². The van der Waals surface area contributed by atoms with Gasteiger partial charge in [-0.3, -0.25) is 9.59 Å². The number of hydrogen-bond donors (Lipinski definition) is 2. The molecule has 3 aromatic rings. The maximum absolute atomic E-state index is 12.9. The van der Waals surface area contributed by atoms with Crippen molar-refractivity contribution in [2.24, 2.45) is 7.05 Å². The summed E-state index contributed by atoms with van der Waals surface area (Å²) >= 11 is 7.80.